The Bertz CT molecular complexity index is 1370. The fraction of sp³-hybridized carbons (Fsp3) is 0.455. The van der Waals surface area contributed by atoms with Crippen molar-refractivity contribution in [2.24, 2.45) is 7.05 Å². The van der Waals surface area contributed by atoms with Gasteiger partial charge in [-0.1, -0.05) is 0 Å². The zero-order valence-corrected chi connectivity index (χ0v) is 19.2. The average molecular weight is 512 g/mol. The first-order chi connectivity index (χ1) is 17.0. The Hall–Kier alpha value is -3.71. The molecule has 1 saturated heterocycles. The Balaban J connectivity index is 1.54. The largest absolute Gasteiger partial charge is 0.503 e. The molecule has 2 aliphatic rings. The van der Waals surface area contributed by atoms with Crippen LogP contribution in [0, 0.1) is 11.6 Å². The van der Waals surface area contributed by atoms with Crippen molar-refractivity contribution in [1.82, 2.24) is 24.6 Å². The van der Waals surface area contributed by atoms with Crippen molar-refractivity contribution < 1.29 is 36.6 Å². The first kappa shape index (κ1) is 24.0. The van der Waals surface area contributed by atoms with Crippen LogP contribution >= 0.6 is 0 Å². The molecule has 5 rings (SSSR count). The number of piperazine rings is 1. The topological polar surface area (TPSA) is 96.6 Å². The summed E-state index contributed by atoms with van der Waals surface area (Å²) < 4.78 is 74.6. The van der Waals surface area contributed by atoms with Crippen LogP contribution in [0.25, 0.3) is 22.3 Å². The number of carbonyl (C=O) groups excluding carboxylic acids is 1. The molecule has 2 aromatic heterocycles. The van der Waals surface area contributed by atoms with Crippen LogP contribution in [0.2, 0.25) is 0 Å². The highest BCUT2D eigenvalue weighted by Gasteiger charge is 2.49. The van der Waals surface area contributed by atoms with Gasteiger partial charge in [-0.2, -0.15) is 23.3 Å². The molecule has 1 N–H and O–H groups in total. The minimum atomic E-state index is -5.16. The lowest BCUT2D eigenvalue weighted by Gasteiger charge is -2.54. The highest BCUT2D eigenvalue weighted by molar-refractivity contribution is 5.91. The van der Waals surface area contributed by atoms with Gasteiger partial charge in [-0.05, 0) is 25.3 Å². The molecule has 1 spiro atoms. The van der Waals surface area contributed by atoms with Crippen molar-refractivity contribution in [3.63, 3.8) is 0 Å². The molecule has 1 aromatic carbocycles. The van der Waals surface area contributed by atoms with Gasteiger partial charge in [0.25, 0.3) is 0 Å². The zero-order valence-electron chi connectivity index (χ0n) is 19.2. The molecule has 0 radical (unpaired) electrons. The van der Waals surface area contributed by atoms with Crippen molar-refractivity contribution >= 4 is 23.1 Å². The molecule has 3 heterocycles. The summed E-state index contributed by atoms with van der Waals surface area (Å²) in [7, 11) is 2.80. The van der Waals surface area contributed by atoms with Gasteiger partial charge >= 0.3 is 12.3 Å². The van der Waals surface area contributed by atoms with E-state index in [9.17, 15) is 31.9 Å². The number of aromatic hydroxyl groups is 1. The Morgan fingerprint density at radius 2 is 1.92 bits per heavy atom. The number of alkyl halides is 3. The van der Waals surface area contributed by atoms with Crippen molar-refractivity contribution in [1.29, 1.82) is 0 Å². The quantitative estimate of drug-likeness (QED) is 0.521. The van der Waals surface area contributed by atoms with Gasteiger partial charge in [0.1, 0.15) is 5.69 Å². The number of methoxy groups -OCH3 is 1. The SMILES string of the molecule is COC(=O)N1CCN(c2ncc3c(-c4cc(C(F)(F)F)c(F)c(O)c4F)nn(C)c3n2)CC12CCC2. The Morgan fingerprint density at radius 1 is 1.19 bits per heavy atom. The van der Waals surface area contributed by atoms with E-state index in [1.54, 1.807) is 4.90 Å². The van der Waals surface area contributed by atoms with E-state index in [-0.39, 0.29) is 22.8 Å². The number of hydrogen-bond donors (Lipinski definition) is 1. The maximum Gasteiger partial charge on any atom is 0.419 e. The van der Waals surface area contributed by atoms with Gasteiger partial charge in [-0.25, -0.2) is 23.2 Å². The van der Waals surface area contributed by atoms with E-state index in [1.807, 2.05) is 4.90 Å². The number of rotatable bonds is 2. The molecule has 2 fully saturated rings. The maximum atomic E-state index is 14.7. The second-order valence-electron chi connectivity index (χ2n) is 8.95. The number of anilines is 1. The number of benzene rings is 1. The van der Waals surface area contributed by atoms with E-state index in [2.05, 4.69) is 15.1 Å². The van der Waals surface area contributed by atoms with Crippen molar-refractivity contribution in [2.45, 2.75) is 31.0 Å². The summed E-state index contributed by atoms with van der Waals surface area (Å²) in [6.45, 7) is 1.28. The van der Waals surface area contributed by atoms with Gasteiger partial charge in [0.2, 0.25) is 5.95 Å². The molecule has 192 valence electrons. The van der Waals surface area contributed by atoms with Crippen molar-refractivity contribution in [3.8, 4) is 17.0 Å². The van der Waals surface area contributed by atoms with Crippen LogP contribution in [0.4, 0.5) is 32.7 Å². The molecule has 1 amide bonds. The summed E-state index contributed by atoms with van der Waals surface area (Å²) in [5.41, 5.74) is -3.03. The molecule has 1 aliphatic heterocycles. The third kappa shape index (κ3) is 3.57. The molecule has 1 saturated carbocycles. The van der Waals surface area contributed by atoms with Gasteiger partial charge in [0, 0.05) is 38.4 Å². The minimum Gasteiger partial charge on any atom is -0.503 e. The predicted octanol–water partition coefficient (Wildman–Crippen LogP) is 3.84. The Morgan fingerprint density at radius 3 is 2.53 bits per heavy atom. The van der Waals surface area contributed by atoms with Crippen LogP contribution in [0.5, 0.6) is 5.75 Å². The van der Waals surface area contributed by atoms with E-state index in [1.165, 1.54) is 25.0 Å². The standard InChI is InChI=1S/C22H21F5N6O3/c1-31-18-12(16(30-31)11-8-13(22(25,26)27)15(24)17(34)14(11)23)9-28-19(29-18)32-6-7-33(20(35)36-2)21(10-32)4-3-5-21/h8-9,34H,3-7,10H2,1-2H3. The lowest BCUT2D eigenvalue weighted by Crippen LogP contribution is -2.67. The summed E-state index contributed by atoms with van der Waals surface area (Å²) >= 11 is 0. The monoisotopic (exact) mass is 512 g/mol. The van der Waals surface area contributed by atoms with Crippen molar-refractivity contribution in [3.05, 3.63) is 29.5 Å². The van der Waals surface area contributed by atoms with Crippen LogP contribution in [-0.2, 0) is 18.0 Å². The Labute approximate surface area is 201 Å². The van der Waals surface area contributed by atoms with E-state index >= 15 is 0 Å². The first-order valence-corrected chi connectivity index (χ1v) is 11.1. The summed E-state index contributed by atoms with van der Waals surface area (Å²) in [5.74, 6) is -5.11. The molecule has 0 bridgehead atoms. The van der Waals surface area contributed by atoms with Gasteiger partial charge < -0.3 is 14.7 Å². The van der Waals surface area contributed by atoms with E-state index in [4.69, 9.17) is 4.74 Å². The predicted molar refractivity (Wildman–Crippen MR) is 116 cm³/mol. The van der Waals surface area contributed by atoms with Crippen LogP contribution in [0.1, 0.15) is 24.8 Å². The number of aromatic nitrogens is 4. The summed E-state index contributed by atoms with van der Waals surface area (Å²) in [4.78, 5) is 24.7. The molecule has 36 heavy (non-hydrogen) atoms. The molecule has 9 nitrogen and oxygen atoms in total. The third-order valence-electron chi connectivity index (χ3n) is 6.92. The molecular formula is C22H21F5N6O3. The van der Waals surface area contributed by atoms with E-state index in [0.29, 0.717) is 25.6 Å². The number of carbonyl (C=O) groups is 1. The second kappa shape index (κ2) is 8.17. The Kier molecular flexibility index (Phi) is 5.45. The number of phenols is 1. The minimum absolute atomic E-state index is 0.117. The number of ether oxygens (including phenoxy) is 1. The molecule has 0 atom stereocenters. The molecule has 0 unspecified atom stereocenters. The highest BCUT2D eigenvalue weighted by atomic mass is 19.4. The first-order valence-electron chi connectivity index (χ1n) is 11.1. The van der Waals surface area contributed by atoms with Gasteiger partial charge in [0.15, 0.2) is 23.0 Å². The third-order valence-corrected chi connectivity index (χ3v) is 6.92. The van der Waals surface area contributed by atoms with Crippen molar-refractivity contribution in [2.75, 3.05) is 31.6 Å². The van der Waals surface area contributed by atoms with Crippen LogP contribution in [-0.4, -0.2) is 68.1 Å². The summed E-state index contributed by atoms with van der Waals surface area (Å²) in [6, 6.07) is 0.270. The number of nitrogens with zero attached hydrogens (tertiary/aromatic N) is 6. The number of amides is 1. The fourth-order valence-corrected chi connectivity index (χ4v) is 4.94. The normalized spacial score (nSPS) is 17.5. The highest BCUT2D eigenvalue weighted by Crippen LogP contribution is 2.43. The number of halogens is 5. The molecular weight excluding hydrogens is 491 g/mol. The fourth-order valence-electron chi connectivity index (χ4n) is 4.94. The van der Waals surface area contributed by atoms with E-state index in [0.717, 1.165) is 19.3 Å². The van der Waals surface area contributed by atoms with Gasteiger partial charge in [0.05, 0.1) is 23.6 Å². The lowest BCUT2D eigenvalue weighted by molar-refractivity contribution is -0.140. The zero-order chi connectivity index (χ0) is 26.0. The number of fused-ring (bicyclic) bond motifs is 1. The molecule has 14 heteroatoms. The number of phenolic OH excluding ortho intramolecular Hbond substituents is 1. The smallest absolute Gasteiger partial charge is 0.419 e. The molecule has 3 aromatic rings. The average Bonchev–Trinajstić information content (AvgIpc) is 3.15. The molecule has 1 aliphatic carbocycles. The number of aryl methyl sites for hydroxylation is 1. The van der Waals surface area contributed by atoms with Crippen LogP contribution < -0.4 is 4.90 Å². The lowest BCUT2D eigenvalue weighted by atomic mass is 9.74. The summed E-state index contributed by atoms with van der Waals surface area (Å²) in [5, 5.41) is 13.9. The van der Waals surface area contributed by atoms with Gasteiger partial charge in [-0.3, -0.25) is 4.90 Å². The second-order valence-corrected chi connectivity index (χ2v) is 8.95. The van der Waals surface area contributed by atoms with E-state index < -0.39 is 46.3 Å². The van der Waals surface area contributed by atoms with Crippen LogP contribution in [0.3, 0.4) is 0 Å². The number of hydrogen-bond acceptors (Lipinski definition) is 7. The van der Waals surface area contributed by atoms with Gasteiger partial charge in [-0.15, -0.1) is 0 Å². The van der Waals surface area contributed by atoms with Crippen LogP contribution in [0.15, 0.2) is 12.3 Å². The summed E-state index contributed by atoms with van der Waals surface area (Å²) in [6.07, 6.45) is -1.71. The maximum absolute atomic E-state index is 14.7.